The summed E-state index contributed by atoms with van der Waals surface area (Å²) in [5.41, 5.74) is 2.04. The molecule has 142 valence electrons. The third-order valence-electron chi connectivity index (χ3n) is 4.25. The van der Waals surface area contributed by atoms with Crippen molar-refractivity contribution in [2.75, 3.05) is 7.11 Å². The number of aryl methyl sites for hydroxylation is 2. The van der Waals surface area contributed by atoms with Crippen LogP contribution in [0.15, 0.2) is 35.3 Å². The summed E-state index contributed by atoms with van der Waals surface area (Å²) in [5, 5.41) is 0. The molecular weight excluding hydrogens is 394 g/mol. The van der Waals surface area contributed by atoms with E-state index in [9.17, 15) is 9.59 Å². The number of carbonyl (C=O) groups excluding carboxylic acids is 1. The Kier molecular flexibility index (Phi) is 4.74. The van der Waals surface area contributed by atoms with Crippen LogP contribution in [-0.4, -0.2) is 27.3 Å². The summed E-state index contributed by atoms with van der Waals surface area (Å²) in [7, 11) is 1.57. The van der Waals surface area contributed by atoms with Gasteiger partial charge in [0.15, 0.2) is 10.7 Å². The van der Waals surface area contributed by atoms with Crippen LogP contribution in [0.1, 0.15) is 26.6 Å². The maximum Gasteiger partial charge on any atom is 0.266 e. The molecule has 6 nitrogen and oxygen atoms in total. The lowest BCUT2D eigenvalue weighted by Gasteiger charge is -1.99. The van der Waals surface area contributed by atoms with Crippen molar-refractivity contribution >= 4 is 45.6 Å². The van der Waals surface area contributed by atoms with Crippen LogP contribution in [-0.2, 0) is 0 Å². The van der Waals surface area contributed by atoms with E-state index in [1.54, 1.807) is 42.7 Å². The van der Waals surface area contributed by atoms with Crippen molar-refractivity contribution in [1.82, 2.24) is 14.4 Å². The molecule has 0 fully saturated rings. The smallest absolute Gasteiger partial charge is 0.266 e. The van der Waals surface area contributed by atoms with Crippen molar-refractivity contribution in [1.29, 1.82) is 0 Å². The number of carbonyl (C=O) groups is 1. The van der Waals surface area contributed by atoms with Crippen molar-refractivity contribution in [2.45, 2.75) is 13.8 Å². The summed E-state index contributed by atoms with van der Waals surface area (Å²) < 4.78 is 8.13. The van der Waals surface area contributed by atoms with Crippen LogP contribution >= 0.6 is 22.7 Å². The Hall–Kier alpha value is -2.97. The monoisotopic (exact) mass is 411 g/mol. The molecule has 0 unspecified atom stereocenters. The maximum atomic E-state index is 12.4. The zero-order chi connectivity index (χ0) is 19.8. The van der Waals surface area contributed by atoms with Gasteiger partial charge in [0, 0.05) is 22.7 Å². The minimum absolute atomic E-state index is 0.178. The van der Waals surface area contributed by atoms with Crippen LogP contribution in [0.4, 0.5) is 0 Å². The first kappa shape index (κ1) is 18.4. The summed E-state index contributed by atoms with van der Waals surface area (Å²) in [5.74, 6) is 0.507. The molecule has 0 atom stereocenters. The molecule has 1 N–H and O–H groups in total. The predicted octanol–water partition coefficient (Wildman–Crippen LogP) is 2.26. The number of hydrogen-bond acceptors (Lipinski definition) is 6. The van der Waals surface area contributed by atoms with E-state index < -0.39 is 0 Å². The second kappa shape index (κ2) is 7.21. The highest BCUT2D eigenvalue weighted by Crippen LogP contribution is 2.20. The minimum atomic E-state index is -0.222. The third-order valence-corrected chi connectivity index (χ3v) is 6.11. The molecule has 0 saturated carbocycles. The number of hydrogen-bond donors (Lipinski definition) is 1. The molecule has 0 aliphatic heterocycles. The number of ketones is 1. The average molecular weight is 412 g/mol. The number of aromatic nitrogens is 3. The molecule has 0 bridgehead atoms. The van der Waals surface area contributed by atoms with Gasteiger partial charge in [-0.3, -0.25) is 14.0 Å². The van der Waals surface area contributed by atoms with Crippen molar-refractivity contribution < 1.29 is 9.53 Å². The van der Waals surface area contributed by atoms with E-state index in [4.69, 9.17) is 4.74 Å². The number of nitrogens with one attached hydrogen (secondary N) is 1. The number of nitrogens with zero attached hydrogens (tertiary/aromatic N) is 2. The number of Topliss-reactive ketones (excluding diaryl/α,β-unsaturated/α-hetero) is 1. The van der Waals surface area contributed by atoms with E-state index in [-0.39, 0.29) is 11.3 Å². The lowest BCUT2D eigenvalue weighted by Crippen LogP contribution is -2.20. The quantitative estimate of drug-likeness (QED) is 0.523. The van der Waals surface area contributed by atoms with Gasteiger partial charge in [0.1, 0.15) is 5.75 Å². The molecule has 3 heterocycles. The Balaban J connectivity index is 1.74. The van der Waals surface area contributed by atoms with Crippen LogP contribution in [0.2, 0.25) is 0 Å². The third kappa shape index (κ3) is 3.44. The SMILES string of the molecule is COc1ccc(C(=O)/C=c2/[nH]c(=O)/c(=C/c3c(C)nc4sc(C)cn34)s2)cc1. The highest BCUT2D eigenvalue weighted by molar-refractivity contribution is 7.17. The molecule has 3 aromatic heterocycles. The summed E-state index contributed by atoms with van der Waals surface area (Å²) in [4.78, 5) is 34.2. The molecule has 0 saturated heterocycles. The number of fused-ring (bicyclic) bond motifs is 1. The van der Waals surface area contributed by atoms with Crippen molar-refractivity contribution in [3.8, 4) is 5.75 Å². The number of imidazole rings is 1. The van der Waals surface area contributed by atoms with Crippen LogP contribution in [0.3, 0.4) is 0 Å². The largest absolute Gasteiger partial charge is 0.497 e. The second-order valence-corrected chi connectivity index (χ2v) is 8.54. The van der Waals surface area contributed by atoms with Gasteiger partial charge in [-0.05, 0) is 44.2 Å². The van der Waals surface area contributed by atoms with Gasteiger partial charge in [-0.1, -0.05) is 0 Å². The molecule has 8 heteroatoms. The predicted molar refractivity (Wildman–Crippen MR) is 112 cm³/mol. The second-order valence-electron chi connectivity index (χ2n) is 6.24. The van der Waals surface area contributed by atoms with E-state index in [2.05, 4.69) is 9.97 Å². The number of benzene rings is 1. The van der Waals surface area contributed by atoms with Gasteiger partial charge in [-0.2, -0.15) is 0 Å². The zero-order valence-electron chi connectivity index (χ0n) is 15.5. The summed E-state index contributed by atoms with van der Waals surface area (Å²) in [6, 6.07) is 6.85. The molecule has 0 radical (unpaired) electrons. The van der Waals surface area contributed by atoms with E-state index in [0.29, 0.717) is 20.5 Å². The fourth-order valence-corrected chi connectivity index (χ4v) is 4.60. The molecule has 0 amide bonds. The van der Waals surface area contributed by atoms with E-state index in [0.717, 1.165) is 21.2 Å². The number of H-pyrrole nitrogens is 1. The van der Waals surface area contributed by atoms with E-state index in [1.807, 2.05) is 30.5 Å². The van der Waals surface area contributed by atoms with Crippen molar-refractivity contribution in [2.24, 2.45) is 0 Å². The highest BCUT2D eigenvalue weighted by atomic mass is 32.1. The summed E-state index contributed by atoms with van der Waals surface area (Å²) >= 11 is 2.86. The van der Waals surface area contributed by atoms with E-state index in [1.165, 1.54) is 17.4 Å². The van der Waals surface area contributed by atoms with Crippen LogP contribution in [0, 0.1) is 13.8 Å². The standard InChI is InChI=1S/C20H17N3O3S2/c1-11-10-23-15(12(2)21-20(23)27-11)8-17-19(25)22-18(28-17)9-16(24)13-4-6-14(26-3)7-5-13/h4-10H,1-3H3,(H,22,25)/b17-8-,18-9-. The number of ether oxygens (including phenoxy) is 1. The van der Waals surface area contributed by atoms with Crippen LogP contribution < -0.4 is 19.5 Å². The average Bonchev–Trinajstić information content (AvgIpc) is 3.29. The summed E-state index contributed by atoms with van der Waals surface area (Å²) in [6.45, 7) is 3.94. The lowest BCUT2D eigenvalue weighted by atomic mass is 10.1. The maximum absolute atomic E-state index is 12.4. The van der Waals surface area contributed by atoms with Crippen molar-refractivity contribution in [3.63, 3.8) is 0 Å². The lowest BCUT2D eigenvalue weighted by molar-refractivity contribution is 0.106. The summed E-state index contributed by atoms with van der Waals surface area (Å²) in [6.07, 6.45) is 5.27. The Bertz CT molecular complexity index is 1350. The molecule has 4 aromatic rings. The molecule has 0 spiro atoms. The van der Waals surface area contributed by atoms with Gasteiger partial charge in [0.05, 0.1) is 27.7 Å². The zero-order valence-corrected chi connectivity index (χ0v) is 17.1. The van der Waals surface area contributed by atoms with Gasteiger partial charge in [-0.25, -0.2) is 4.98 Å². The topological polar surface area (TPSA) is 76.5 Å². The molecule has 1 aromatic carbocycles. The molecular formula is C20H17N3O3S2. The number of thiazole rings is 2. The Morgan fingerprint density at radius 3 is 2.68 bits per heavy atom. The normalized spacial score (nSPS) is 12.8. The molecule has 0 aliphatic rings. The molecule has 0 aliphatic carbocycles. The van der Waals surface area contributed by atoms with Crippen LogP contribution in [0.25, 0.3) is 17.1 Å². The highest BCUT2D eigenvalue weighted by Gasteiger charge is 2.10. The number of rotatable bonds is 4. The van der Waals surface area contributed by atoms with Gasteiger partial charge in [-0.15, -0.1) is 22.7 Å². The first-order valence-electron chi connectivity index (χ1n) is 8.50. The van der Waals surface area contributed by atoms with Gasteiger partial charge in [0.25, 0.3) is 5.56 Å². The van der Waals surface area contributed by atoms with Gasteiger partial charge in [0.2, 0.25) is 0 Å². The van der Waals surface area contributed by atoms with Crippen LogP contribution in [0.5, 0.6) is 5.75 Å². The van der Waals surface area contributed by atoms with Gasteiger partial charge < -0.3 is 9.72 Å². The van der Waals surface area contributed by atoms with Crippen molar-refractivity contribution in [3.05, 3.63) is 71.8 Å². The molecule has 28 heavy (non-hydrogen) atoms. The van der Waals surface area contributed by atoms with Gasteiger partial charge >= 0.3 is 0 Å². The fraction of sp³-hybridized carbons (Fsp3) is 0.150. The van der Waals surface area contributed by atoms with E-state index >= 15 is 0 Å². The first-order valence-corrected chi connectivity index (χ1v) is 10.1. The number of aromatic amines is 1. The Morgan fingerprint density at radius 1 is 1.21 bits per heavy atom. The molecule has 4 rings (SSSR count). The Labute approximate surface area is 168 Å². The number of methoxy groups -OCH3 is 1. The first-order chi connectivity index (χ1) is 13.4. The minimum Gasteiger partial charge on any atom is -0.497 e. The fourth-order valence-electron chi connectivity index (χ4n) is 2.86. The Morgan fingerprint density at radius 2 is 1.96 bits per heavy atom.